The van der Waals surface area contributed by atoms with Crippen molar-refractivity contribution in [1.29, 1.82) is 0 Å². The number of nitrogens with one attached hydrogen (secondary N) is 1. The van der Waals surface area contributed by atoms with E-state index in [9.17, 15) is 14.7 Å². The number of hydrogen-bond acceptors (Lipinski definition) is 4. The minimum Gasteiger partial charge on any atom is -0.497 e. The average Bonchev–Trinajstić information content (AvgIpc) is 3.18. The maximum Gasteiger partial charge on any atom is 0.295 e. The quantitative estimate of drug-likeness (QED) is 0.659. The normalized spacial score (nSPS) is 17.9. The van der Waals surface area contributed by atoms with Gasteiger partial charge in [0, 0.05) is 23.6 Å². The first-order valence-corrected chi connectivity index (χ1v) is 7.27. The summed E-state index contributed by atoms with van der Waals surface area (Å²) in [5.41, 5.74) is 1.11. The molecule has 1 aliphatic rings. The molecule has 0 aliphatic carbocycles. The van der Waals surface area contributed by atoms with Gasteiger partial charge in [-0.3, -0.25) is 9.59 Å². The Morgan fingerprint density at radius 3 is 3.00 bits per heavy atom. The number of likely N-dealkylation sites (tertiary alicyclic amines) is 1. The SMILES string of the molecule is COc1ccc2[nH]cc(C(=O)C(=O)N3CCCC3CO)c2c1. The Hall–Kier alpha value is -2.34. The number of Topliss-reactive ketones (excluding diaryl/α,β-unsaturated/α-hetero) is 1. The van der Waals surface area contributed by atoms with E-state index in [0.717, 1.165) is 18.4 Å². The van der Waals surface area contributed by atoms with Crippen molar-refractivity contribution >= 4 is 22.6 Å². The third-order valence-electron chi connectivity index (χ3n) is 4.18. The van der Waals surface area contributed by atoms with Crippen LogP contribution in [-0.2, 0) is 4.79 Å². The number of methoxy groups -OCH3 is 1. The third kappa shape index (κ3) is 2.35. The molecule has 6 heteroatoms. The third-order valence-corrected chi connectivity index (χ3v) is 4.18. The molecule has 1 aromatic heterocycles. The molecule has 1 unspecified atom stereocenters. The maximum absolute atomic E-state index is 12.5. The molecular formula is C16H18N2O4. The molecule has 2 N–H and O–H groups in total. The monoisotopic (exact) mass is 302 g/mol. The number of aliphatic hydroxyl groups is 1. The minimum atomic E-state index is -0.556. The van der Waals surface area contributed by atoms with E-state index in [1.165, 1.54) is 4.90 Å². The lowest BCUT2D eigenvalue weighted by molar-refractivity contribution is -0.127. The van der Waals surface area contributed by atoms with Gasteiger partial charge in [-0.05, 0) is 31.0 Å². The molecule has 3 rings (SSSR count). The van der Waals surface area contributed by atoms with Crippen molar-refractivity contribution in [1.82, 2.24) is 9.88 Å². The summed E-state index contributed by atoms with van der Waals surface area (Å²) < 4.78 is 5.17. The van der Waals surface area contributed by atoms with Crippen molar-refractivity contribution in [2.24, 2.45) is 0 Å². The lowest BCUT2D eigenvalue weighted by Crippen LogP contribution is -2.41. The van der Waals surface area contributed by atoms with Crippen LogP contribution in [0.5, 0.6) is 5.75 Å². The second-order valence-corrected chi connectivity index (χ2v) is 5.42. The van der Waals surface area contributed by atoms with Gasteiger partial charge in [0.15, 0.2) is 0 Å². The van der Waals surface area contributed by atoms with Crippen LogP contribution in [0.15, 0.2) is 24.4 Å². The summed E-state index contributed by atoms with van der Waals surface area (Å²) in [5.74, 6) is -0.483. The van der Waals surface area contributed by atoms with Gasteiger partial charge in [-0.15, -0.1) is 0 Å². The molecule has 1 fully saturated rings. The molecular weight excluding hydrogens is 284 g/mol. The van der Waals surface area contributed by atoms with Gasteiger partial charge in [0.25, 0.3) is 11.7 Å². The molecule has 0 radical (unpaired) electrons. The lowest BCUT2D eigenvalue weighted by atomic mass is 10.1. The van der Waals surface area contributed by atoms with Gasteiger partial charge in [-0.1, -0.05) is 0 Å². The Kier molecular flexibility index (Phi) is 3.85. The van der Waals surface area contributed by atoms with E-state index in [1.807, 2.05) is 6.07 Å². The Balaban J connectivity index is 1.93. The Bertz CT molecular complexity index is 722. The van der Waals surface area contributed by atoms with Gasteiger partial charge in [0.2, 0.25) is 0 Å². The van der Waals surface area contributed by atoms with Crippen LogP contribution in [-0.4, -0.2) is 53.0 Å². The first-order chi connectivity index (χ1) is 10.7. The van der Waals surface area contributed by atoms with Crippen molar-refractivity contribution in [3.63, 3.8) is 0 Å². The van der Waals surface area contributed by atoms with Gasteiger partial charge >= 0.3 is 0 Å². The van der Waals surface area contributed by atoms with E-state index in [4.69, 9.17) is 4.74 Å². The summed E-state index contributed by atoms with van der Waals surface area (Å²) >= 11 is 0. The molecule has 6 nitrogen and oxygen atoms in total. The summed E-state index contributed by atoms with van der Waals surface area (Å²) in [5, 5.41) is 9.97. The number of aromatic nitrogens is 1. The minimum absolute atomic E-state index is 0.110. The van der Waals surface area contributed by atoms with Gasteiger partial charge in [0.05, 0.1) is 25.3 Å². The van der Waals surface area contributed by atoms with Gasteiger partial charge < -0.3 is 19.7 Å². The number of aromatic amines is 1. The number of carbonyl (C=O) groups is 2. The Labute approximate surface area is 127 Å². The fourth-order valence-corrected chi connectivity index (χ4v) is 2.95. The summed E-state index contributed by atoms with van der Waals surface area (Å²) in [7, 11) is 1.55. The molecule has 0 spiro atoms. The number of benzene rings is 1. The number of ketones is 1. The Morgan fingerprint density at radius 1 is 1.45 bits per heavy atom. The molecule has 1 aliphatic heterocycles. The summed E-state index contributed by atoms with van der Waals surface area (Å²) in [4.78, 5) is 29.4. The number of rotatable bonds is 4. The Morgan fingerprint density at radius 2 is 2.27 bits per heavy atom. The molecule has 1 saturated heterocycles. The van der Waals surface area contributed by atoms with Crippen LogP contribution >= 0.6 is 0 Å². The smallest absolute Gasteiger partial charge is 0.295 e. The van der Waals surface area contributed by atoms with Crippen LogP contribution in [0.2, 0.25) is 0 Å². The number of H-pyrrole nitrogens is 1. The van der Waals surface area contributed by atoms with Crippen molar-refractivity contribution in [2.75, 3.05) is 20.3 Å². The fraction of sp³-hybridized carbons (Fsp3) is 0.375. The standard InChI is InChI=1S/C16H18N2O4/c1-22-11-4-5-14-12(7-11)13(8-17-14)15(20)16(21)18-6-2-3-10(18)9-19/h4-5,7-8,10,17,19H,2-3,6,9H2,1H3. The van der Waals surface area contributed by atoms with E-state index in [-0.39, 0.29) is 12.6 Å². The van der Waals surface area contributed by atoms with E-state index in [0.29, 0.717) is 23.2 Å². The van der Waals surface area contributed by atoms with Crippen LogP contribution in [0.25, 0.3) is 10.9 Å². The number of hydrogen-bond donors (Lipinski definition) is 2. The highest BCUT2D eigenvalue weighted by Crippen LogP contribution is 2.25. The summed E-state index contributed by atoms with van der Waals surface area (Å²) in [6, 6.07) is 5.08. The largest absolute Gasteiger partial charge is 0.497 e. The van der Waals surface area contributed by atoms with Gasteiger partial charge in [-0.25, -0.2) is 0 Å². The lowest BCUT2D eigenvalue weighted by Gasteiger charge is -2.21. The molecule has 1 atom stereocenters. The van der Waals surface area contributed by atoms with E-state index in [2.05, 4.69) is 4.98 Å². The molecule has 116 valence electrons. The number of fused-ring (bicyclic) bond motifs is 1. The molecule has 2 heterocycles. The summed E-state index contributed by atoms with van der Waals surface area (Å²) in [6.45, 7) is 0.405. The van der Waals surface area contributed by atoms with Crippen molar-refractivity contribution in [3.8, 4) is 5.75 Å². The second-order valence-electron chi connectivity index (χ2n) is 5.42. The predicted molar refractivity (Wildman–Crippen MR) is 81.0 cm³/mol. The highest BCUT2D eigenvalue weighted by Gasteiger charge is 2.33. The molecule has 1 aromatic carbocycles. The molecule has 0 bridgehead atoms. The molecule has 1 amide bonds. The average molecular weight is 302 g/mol. The summed E-state index contributed by atoms with van der Waals surface area (Å²) in [6.07, 6.45) is 3.09. The van der Waals surface area contributed by atoms with E-state index in [1.54, 1.807) is 25.4 Å². The highest BCUT2D eigenvalue weighted by molar-refractivity contribution is 6.45. The molecule has 0 saturated carbocycles. The van der Waals surface area contributed by atoms with Crippen LogP contribution in [0.3, 0.4) is 0 Å². The zero-order chi connectivity index (χ0) is 15.7. The maximum atomic E-state index is 12.5. The number of ether oxygens (including phenoxy) is 1. The van der Waals surface area contributed by atoms with Crippen molar-refractivity contribution in [3.05, 3.63) is 30.0 Å². The number of amides is 1. The van der Waals surface area contributed by atoms with Crippen LogP contribution in [0.1, 0.15) is 23.2 Å². The molecule has 2 aromatic rings. The fourth-order valence-electron chi connectivity index (χ4n) is 2.95. The first kappa shape index (κ1) is 14.6. The van der Waals surface area contributed by atoms with Crippen molar-refractivity contribution < 1.29 is 19.4 Å². The van der Waals surface area contributed by atoms with E-state index < -0.39 is 11.7 Å². The van der Waals surface area contributed by atoms with Crippen LogP contribution in [0, 0.1) is 0 Å². The predicted octanol–water partition coefficient (Wildman–Crippen LogP) is 1.34. The first-order valence-electron chi connectivity index (χ1n) is 7.27. The zero-order valence-corrected chi connectivity index (χ0v) is 12.3. The van der Waals surface area contributed by atoms with Crippen molar-refractivity contribution in [2.45, 2.75) is 18.9 Å². The highest BCUT2D eigenvalue weighted by atomic mass is 16.5. The number of aliphatic hydroxyl groups excluding tert-OH is 1. The van der Waals surface area contributed by atoms with E-state index >= 15 is 0 Å². The zero-order valence-electron chi connectivity index (χ0n) is 12.3. The molecule has 22 heavy (non-hydrogen) atoms. The van der Waals surface area contributed by atoms with Gasteiger partial charge in [-0.2, -0.15) is 0 Å². The number of nitrogens with zero attached hydrogens (tertiary/aromatic N) is 1. The topological polar surface area (TPSA) is 82.6 Å². The van der Waals surface area contributed by atoms with Crippen LogP contribution < -0.4 is 4.74 Å². The van der Waals surface area contributed by atoms with Crippen LogP contribution in [0.4, 0.5) is 0 Å². The second kappa shape index (κ2) is 5.81. The van der Waals surface area contributed by atoms with Gasteiger partial charge in [0.1, 0.15) is 5.75 Å². The number of carbonyl (C=O) groups excluding carboxylic acids is 2.